The first-order valence-corrected chi connectivity index (χ1v) is 10.4. The Morgan fingerprint density at radius 3 is 2.41 bits per heavy atom. The Hall–Kier alpha value is -3.92. The largest absolute Gasteiger partial charge is 0.384 e. The minimum Gasteiger partial charge on any atom is -0.384 e. The number of allylic oxidation sites excluding steroid dienone is 3. The quantitative estimate of drug-likeness (QED) is 0.552. The number of nitriles is 1. The van der Waals surface area contributed by atoms with Crippen LogP contribution in [0.25, 0.3) is 0 Å². The van der Waals surface area contributed by atoms with Gasteiger partial charge in [0.1, 0.15) is 5.82 Å². The number of carbonyl (C=O) groups is 1. The average molecular weight is 428 g/mol. The van der Waals surface area contributed by atoms with Crippen LogP contribution in [-0.4, -0.2) is 10.7 Å². The van der Waals surface area contributed by atoms with E-state index in [2.05, 4.69) is 6.07 Å². The molecule has 0 fully saturated rings. The van der Waals surface area contributed by atoms with Crippen LogP contribution in [0.15, 0.2) is 71.2 Å². The zero-order valence-electron chi connectivity index (χ0n) is 18.3. The zero-order valence-corrected chi connectivity index (χ0v) is 18.3. The van der Waals surface area contributed by atoms with Gasteiger partial charge in [-0.1, -0.05) is 44.2 Å². The van der Waals surface area contributed by atoms with Gasteiger partial charge in [0.15, 0.2) is 5.78 Å². The molecule has 2 N–H and O–H groups in total. The number of aryl methyl sites for hydroxylation is 1. The van der Waals surface area contributed by atoms with E-state index in [0.29, 0.717) is 24.0 Å². The highest BCUT2D eigenvalue weighted by molar-refractivity contribution is 6.01. The van der Waals surface area contributed by atoms with Crippen LogP contribution >= 0.6 is 0 Å². The molecular weight excluding hydrogens is 404 g/mol. The summed E-state index contributed by atoms with van der Waals surface area (Å²) in [5.41, 5.74) is 10.4. The third kappa shape index (κ3) is 3.44. The molecule has 7 nitrogen and oxygen atoms in total. The number of nitro benzene ring substituents is 1. The fourth-order valence-electron chi connectivity index (χ4n) is 4.72. The van der Waals surface area contributed by atoms with Gasteiger partial charge in [0.05, 0.1) is 28.2 Å². The van der Waals surface area contributed by atoms with Crippen molar-refractivity contribution in [3.8, 4) is 6.07 Å². The first-order valence-electron chi connectivity index (χ1n) is 10.4. The second kappa shape index (κ2) is 7.65. The number of ketones is 1. The average Bonchev–Trinajstić information content (AvgIpc) is 2.73. The van der Waals surface area contributed by atoms with E-state index in [-0.39, 0.29) is 28.3 Å². The van der Waals surface area contributed by atoms with Crippen molar-refractivity contribution in [3.05, 3.63) is 92.4 Å². The van der Waals surface area contributed by atoms with Gasteiger partial charge in [-0.25, -0.2) is 0 Å². The molecule has 0 unspecified atom stereocenters. The number of hydrogen-bond acceptors (Lipinski definition) is 6. The van der Waals surface area contributed by atoms with Crippen molar-refractivity contribution >= 4 is 17.2 Å². The fourth-order valence-corrected chi connectivity index (χ4v) is 4.72. The van der Waals surface area contributed by atoms with Crippen LogP contribution in [0.1, 0.15) is 43.7 Å². The highest BCUT2D eigenvalue weighted by Gasteiger charge is 2.44. The molecule has 2 aromatic rings. The summed E-state index contributed by atoms with van der Waals surface area (Å²) in [6.45, 7) is 6.06. The molecule has 0 aromatic heterocycles. The molecule has 1 atom stereocenters. The number of benzene rings is 2. The molecule has 4 rings (SSSR count). The number of carbonyl (C=O) groups excluding carboxylic acids is 1. The summed E-state index contributed by atoms with van der Waals surface area (Å²) in [4.78, 5) is 25.9. The van der Waals surface area contributed by atoms with Crippen molar-refractivity contribution in [2.45, 2.75) is 39.5 Å². The first kappa shape index (κ1) is 21.3. The second-order valence-corrected chi connectivity index (χ2v) is 9.12. The zero-order chi connectivity index (χ0) is 23.2. The van der Waals surface area contributed by atoms with Gasteiger partial charge in [-0.3, -0.25) is 19.8 Å². The molecule has 0 bridgehead atoms. The van der Waals surface area contributed by atoms with Crippen molar-refractivity contribution in [2.75, 3.05) is 4.90 Å². The monoisotopic (exact) mass is 428 g/mol. The maximum Gasteiger partial charge on any atom is 0.269 e. The second-order valence-electron chi connectivity index (χ2n) is 9.12. The number of nitrogens with two attached hydrogens (primary N) is 1. The lowest BCUT2D eigenvalue weighted by molar-refractivity contribution is -0.384. The summed E-state index contributed by atoms with van der Waals surface area (Å²) in [6.07, 6.45) is 0.973. The van der Waals surface area contributed by atoms with E-state index < -0.39 is 10.8 Å². The van der Waals surface area contributed by atoms with Gasteiger partial charge in [-0.2, -0.15) is 5.26 Å². The van der Waals surface area contributed by atoms with Crippen LogP contribution in [0.2, 0.25) is 0 Å². The van der Waals surface area contributed by atoms with Crippen molar-refractivity contribution in [1.82, 2.24) is 0 Å². The van der Waals surface area contributed by atoms with E-state index in [1.54, 1.807) is 12.1 Å². The summed E-state index contributed by atoms with van der Waals surface area (Å²) in [6, 6.07) is 16.0. The number of Topliss-reactive ketones (excluding diaryl/α,β-unsaturated/α-hetero) is 1. The minimum atomic E-state index is -0.653. The van der Waals surface area contributed by atoms with Crippen LogP contribution in [0.3, 0.4) is 0 Å². The predicted octanol–water partition coefficient (Wildman–Crippen LogP) is 4.84. The lowest BCUT2D eigenvalue weighted by Gasteiger charge is -2.44. The van der Waals surface area contributed by atoms with E-state index in [1.165, 1.54) is 12.1 Å². The number of rotatable bonds is 3. The number of nitro groups is 1. The summed E-state index contributed by atoms with van der Waals surface area (Å²) in [5.74, 6) is -0.396. The summed E-state index contributed by atoms with van der Waals surface area (Å²) in [7, 11) is 0. The third-order valence-corrected chi connectivity index (χ3v) is 6.17. The van der Waals surface area contributed by atoms with Crippen LogP contribution in [0.5, 0.6) is 0 Å². The maximum absolute atomic E-state index is 13.5. The van der Waals surface area contributed by atoms with Crippen LogP contribution < -0.4 is 10.6 Å². The molecular formula is C25H24N4O3. The number of para-hydroxylation sites is 1. The number of hydrogen-bond donors (Lipinski definition) is 1. The lowest BCUT2D eigenvalue weighted by atomic mass is 9.68. The summed E-state index contributed by atoms with van der Waals surface area (Å²) in [5, 5.41) is 21.2. The molecule has 162 valence electrons. The highest BCUT2D eigenvalue weighted by Crippen LogP contribution is 2.50. The van der Waals surface area contributed by atoms with Crippen molar-refractivity contribution < 1.29 is 9.72 Å². The summed E-state index contributed by atoms with van der Waals surface area (Å²) < 4.78 is 0. The van der Waals surface area contributed by atoms with Gasteiger partial charge in [0.25, 0.3) is 5.69 Å². The van der Waals surface area contributed by atoms with Crippen molar-refractivity contribution in [3.63, 3.8) is 0 Å². The molecule has 0 amide bonds. The topological polar surface area (TPSA) is 113 Å². The Balaban J connectivity index is 1.98. The number of nitrogens with zero attached hydrogens (tertiary/aromatic N) is 3. The smallest absolute Gasteiger partial charge is 0.269 e. The van der Waals surface area contributed by atoms with Gasteiger partial charge in [0.2, 0.25) is 0 Å². The third-order valence-electron chi connectivity index (χ3n) is 6.17. The molecule has 0 radical (unpaired) electrons. The predicted molar refractivity (Wildman–Crippen MR) is 121 cm³/mol. The van der Waals surface area contributed by atoms with Crippen LogP contribution in [-0.2, 0) is 4.79 Å². The normalized spacial score (nSPS) is 20.1. The van der Waals surface area contributed by atoms with E-state index >= 15 is 0 Å². The maximum atomic E-state index is 13.5. The molecule has 0 spiro atoms. The van der Waals surface area contributed by atoms with Crippen molar-refractivity contribution in [2.24, 2.45) is 11.1 Å². The molecule has 2 aliphatic rings. The van der Waals surface area contributed by atoms with Gasteiger partial charge in [0, 0.05) is 29.8 Å². The van der Waals surface area contributed by atoms with E-state index in [1.807, 2.05) is 49.9 Å². The van der Waals surface area contributed by atoms with Gasteiger partial charge in [-0.05, 0) is 36.0 Å². The molecule has 1 heterocycles. The van der Waals surface area contributed by atoms with Crippen LogP contribution in [0.4, 0.5) is 11.4 Å². The lowest BCUT2D eigenvalue weighted by Crippen LogP contribution is -2.42. The first-order chi connectivity index (χ1) is 15.1. The molecule has 0 saturated carbocycles. The molecule has 0 saturated heterocycles. The van der Waals surface area contributed by atoms with Gasteiger partial charge in [-0.15, -0.1) is 0 Å². The number of non-ortho nitro benzene ring substituents is 1. The molecule has 1 aliphatic heterocycles. The Morgan fingerprint density at radius 2 is 1.81 bits per heavy atom. The minimum absolute atomic E-state index is 0.0292. The van der Waals surface area contributed by atoms with Gasteiger partial charge >= 0.3 is 0 Å². The Labute approximate surface area is 186 Å². The van der Waals surface area contributed by atoms with Crippen LogP contribution in [0, 0.1) is 33.8 Å². The summed E-state index contributed by atoms with van der Waals surface area (Å²) >= 11 is 0. The highest BCUT2D eigenvalue weighted by atomic mass is 16.6. The standard InChI is InChI=1S/C25H24N4O3/c1-15-6-4-5-7-19(15)28-20-12-25(2,3)13-21(30)23(20)22(18(14-26)24(28)27)16-8-10-17(11-9-16)29(31)32/h4-11,22H,12-13,27H2,1-3H3/t22-/m0/s1. The molecule has 32 heavy (non-hydrogen) atoms. The SMILES string of the molecule is Cc1ccccc1N1C(N)=C(C#N)[C@H](c2ccc([N+](=O)[O-])cc2)C2=C1CC(C)(C)CC2=O. The van der Waals surface area contributed by atoms with E-state index in [0.717, 1.165) is 16.9 Å². The Morgan fingerprint density at radius 1 is 1.16 bits per heavy atom. The Kier molecular flexibility index (Phi) is 5.09. The number of anilines is 1. The Bertz CT molecular complexity index is 1230. The fraction of sp³-hybridized carbons (Fsp3) is 0.280. The van der Waals surface area contributed by atoms with Gasteiger partial charge < -0.3 is 5.73 Å². The van der Waals surface area contributed by atoms with E-state index in [9.17, 15) is 20.2 Å². The van der Waals surface area contributed by atoms with E-state index in [4.69, 9.17) is 5.73 Å². The molecule has 2 aromatic carbocycles. The molecule has 1 aliphatic carbocycles. The van der Waals surface area contributed by atoms with Crippen molar-refractivity contribution in [1.29, 1.82) is 5.26 Å². The molecule has 7 heteroatoms.